The largest absolute Gasteiger partial charge is 0.489 e. The molecule has 3 aromatic carbocycles. The second-order valence-corrected chi connectivity index (χ2v) is 9.69. The van der Waals surface area contributed by atoms with Crippen molar-refractivity contribution in [1.82, 2.24) is 4.31 Å². The van der Waals surface area contributed by atoms with E-state index in [1.165, 1.54) is 18.3 Å². The van der Waals surface area contributed by atoms with Gasteiger partial charge in [-0.05, 0) is 55.7 Å². The van der Waals surface area contributed by atoms with Crippen molar-refractivity contribution in [2.24, 2.45) is 0 Å². The van der Waals surface area contributed by atoms with Crippen molar-refractivity contribution < 1.29 is 22.7 Å². The summed E-state index contributed by atoms with van der Waals surface area (Å²) < 4.78 is 38.6. The number of hydrogen-bond donors (Lipinski definition) is 0. The Bertz CT molecular complexity index is 1160. The Morgan fingerprint density at radius 3 is 2.27 bits per heavy atom. The highest BCUT2D eigenvalue weighted by Crippen LogP contribution is 2.22. The minimum absolute atomic E-state index is 0.120. The number of ether oxygens (including phenoxy) is 2. The molecule has 0 bridgehead atoms. The van der Waals surface area contributed by atoms with Crippen molar-refractivity contribution in [3.63, 3.8) is 0 Å². The summed E-state index contributed by atoms with van der Waals surface area (Å²) in [5, 5.41) is 0. The first-order chi connectivity index (χ1) is 15.8. The van der Waals surface area contributed by atoms with E-state index in [1.54, 1.807) is 24.3 Å². The van der Waals surface area contributed by atoms with E-state index in [0.29, 0.717) is 18.8 Å². The van der Waals surface area contributed by atoms with Gasteiger partial charge in [0.1, 0.15) is 18.4 Å². The third-order valence-electron chi connectivity index (χ3n) is 5.37. The van der Waals surface area contributed by atoms with Gasteiger partial charge in [-0.1, -0.05) is 60.2 Å². The predicted octanol–water partition coefficient (Wildman–Crippen LogP) is 4.37. The van der Waals surface area contributed by atoms with Gasteiger partial charge >= 0.3 is 5.97 Å². The van der Waals surface area contributed by atoms with Crippen LogP contribution in [0.3, 0.4) is 0 Å². The van der Waals surface area contributed by atoms with Crippen molar-refractivity contribution in [3.8, 4) is 5.75 Å². The predicted molar refractivity (Wildman–Crippen MR) is 127 cm³/mol. The van der Waals surface area contributed by atoms with E-state index in [4.69, 9.17) is 9.47 Å². The molecule has 0 aliphatic heterocycles. The molecule has 0 spiro atoms. The standard InChI is InChI=1S/C26H29NO5S/c1-20-12-14-25(15-13-20)33(29,30)27(21(2)26(28)31-3)17-16-22-10-7-11-24(18-22)32-19-23-8-5-4-6-9-23/h4-15,18,21H,16-17,19H2,1-3H3. The van der Waals surface area contributed by atoms with Crippen LogP contribution >= 0.6 is 0 Å². The van der Waals surface area contributed by atoms with Gasteiger partial charge < -0.3 is 9.47 Å². The van der Waals surface area contributed by atoms with Crippen LogP contribution in [-0.2, 0) is 32.6 Å². The summed E-state index contributed by atoms with van der Waals surface area (Å²) >= 11 is 0. The summed E-state index contributed by atoms with van der Waals surface area (Å²) in [7, 11) is -2.64. The first-order valence-corrected chi connectivity index (χ1v) is 12.2. The van der Waals surface area contributed by atoms with Crippen LogP contribution in [0.5, 0.6) is 5.75 Å². The maximum absolute atomic E-state index is 13.3. The van der Waals surface area contributed by atoms with Gasteiger partial charge in [0.2, 0.25) is 10.0 Å². The third kappa shape index (κ3) is 6.43. The van der Waals surface area contributed by atoms with Gasteiger partial charge in [-0.25, -0.2) is 8.42 Å². The lowest BCUT2D eigenvalue weighted by atomic mass is 10.1. The Labute approximate surface area is 195 Å². The monoisotopic (exact) mass is 467 g/mol. The highest BCUT2D eigenvalue weighted by atomic mass is 32.2. The summed E-state index contributed by atoms with van der Waals surface area (Å²) in [6.07, 6.45) is 0.412. The lowest BCUT2D eigenvalue weighted by Gasteiger charge is -2.27. The Hall–Kier alpha value is -3.16. The topological polar surface area (TPSA) is 72.9 Å². The molecule has 0 saturated heterocycles. The summed E-state index contributed by atoms with van der Waals surface area (Å²) in [4.78, 5) is 12.4. The molecule has 3 rings (SSSR count). The number of carbonyl (C=O) groups excluding carboxylic acids is 1. The molecule has 0 saturated carbocycles. The lowest BCUT2D eigenvalue weighted by molar-refractivity contribution is -0.144. The summed E-state index contributed by atoms with van der Waals surface area (Å²) in [6.45, 7) is 3.99. The summed E-state index contributed by atoms with van der Waals surface area (Å²) in [6, 6.07) is 23.0. The van der Waals surface area contributed by atoms with Gasteiger partial charge in [0.25, 0.3) is 0 Å². The van der Waals surface area contributed by atoms with E-state index in [9.17, 15) is 13.2 Å². The molecule has 0 aliphatic rings. The van der Waals surface area contributed by atoms with E-state index in [-0.39, 0.29) is 11.4 Å². The number of sulfonamides is 1. The molecule has 1 unspecified atom stereocenters. The van der Waals surface area contributed by atoms with E-state index >= 15 is 0 Å². The zero-order chi connectivity index (χ0) is 23.8. The van der Waals surface area contributed by atoms with Crippen molar-refractivity contribution >= 4 is 16.0 Å². The van der Waals surface area contributed by atoms with Crippen LogP contribution < -0.4 is 4.74 Å². The first kappa shape index (κ1) is 24.5. The van der Waals surface area contributed by atoms with Gasteiger partial charge in [0.15, 0.2) is 0 Å². The van der Waals surface area contributed by atoms with Gasteiger partial charge in [-0.15, -0.1) is 0 Å². The second-order valence-electron chi connectivity index (χ2n) is 7.80. The SMILES string of the molecule is COC(=O)C(C)N(CCc1cccc(OCc2ccccc2)c1)S(=O)(=O)c1ccc(C)cc1. The van der Waals surface area contributed by atoms with E-state index in [0.717, 1.165) is 16.7 Å². The van der Waals surface area contributed by atoms with Crippen LogP contribution in [0, 0.1) is 6.92 Å². The van der Waals surface area contributed by atoms with Crippen LogP contribution in [0.15, 0.2) is 83.8 Å². The average Bonchev–Trinajstić information content (AvgIpc) is 2.83. The van der Waals surface area contributed by atoms with Gasteiger partial charge in [-0.2, -0.15) is 4.31 Å². The van der Waals surface area contributed by atoms with Crippen molar-refractivity contribution in [2.45, 2.75) is 37.8 Å². The number of nitrogens with zero attached hydrogens (tertiary/aromatic N) is 1. The van der Waals surface area contributed by atoms with E-state index in [1.807, 2.05) is 61.5 Å². The number of methoxy groups -OCH3 is 1. The molecular formula is C26H29NO5S. The first-order valence-electron chi connectivity index (χ1n) is 10.7. The molecule has 0 fully saturated rings. The fourth-order valence-corrected chi connectivity index (χ4v) is 5.01. The average molecular weight is 468 g/mol. The molecule has 174 valence electrons. The van der Waals surface area contributed by atoms with Gasteiger partial charge in [-0.3, -0.25) is 4.79 Å². The van der Waals surface area contributed by atoms with Crippen LogP contribution in [0.4, 0.5) is 0 Å². The molecule has 3 aromatic rings. The molecule has 0 aromatic heterocycles. The van der Waals surface area contributed by atoms with Gasteiger partial charge in [0, 0.05) is 6.54 Å². The second kappa shape index (κ2) is 11.1. The number of benzene rings is 3. The molecule has 0 aliphatic carbocycles. The Morgan fingerprint density at radius 1 is 0.939 bits per heavy atom. The van der Waals surface area contributed by atoms with E-state index < -0.39 is 22.0 Å². The van der Waals surface area contributed by atoms with Gasteiger partial charge in [0.05, 0.1) is 12.0 Å². The molecule has 7 heteroatoms. The number of aryl methyl sites for hydroxylation is 1. The number of rotatable bonds is 10. The molecule has 33 heavy (non-hydrogen) atoms. The van der Waals surface area contributed by atoms with Crippen LogP contribution in [0.1, 0.15) is 23.6 Å². The number of hydrogen-bond acceptors (Lipinski definition) is 5. The van der Waals surface area contributed by atoms with Crippen molar-refractivity contribution in [1.29, 1.82) is 0 Å². The summed E-state index contributed by atoms with van der Waals surface area (Å²) in [5.41, 5.74) is 2.92. The van der Waals surface area contributed by atoms with Crippen LogP contribution in [0.25, 0.3) is 0 Å². The molecule has 0 N–H and O–H groups in total. The maximum Gasteiger partial charge on any atom is 0.323 e. The van der Waals surface area contributed by atoms with Crippen molar-refractivity contribution in [3.05, 3.63) is 95.6 Å². The zero-order valence-electron chi connectivity index (χ0n) is 19.1. The minimum atomic E-state index is -3.90. The molecule has 0 amide bonds. The lowest BCUT2D eigenvalue weighted by Crippen LogP contribution is -2.44. The fraction of sp³-hybridized carbons (Fsp3) is 0.269. The third-order valence-corrected chi connectivity index (χ3v) is 7.35. The Balaban J connectivity index is 1.76. The minimum Gasteiger partial charge on any atom is -0.489 e. The van der Waals surface area contributed by atoms with Crippen molar-refractivity contribution in [2.75, 3.05) is 13.7 Å². The Kier molecular flexibility index (Phi) is 8.25. The molecule has 1 atom stereocenters. The normalized spacial score (nSPS) is 12.4. The Morgan fingerprint density at radius 2 is 1.61 bits per heavy atom. The maximum atomic E-state index is 13.3. The molecule has 0 radical (unpaired) electrons. The summed E-state index contributed by atoms with van der Waals surface area (Å²) in [5.74, 6) is 0.0935. The molecular weight excluding hydrogens is 438 g/mol. The number of esters is 1. The smallest absolute Gasteiger partial charge is 0.323 e. The molecule has 0 heterocycles. The van der Waals surface area contributed by atoms with E-state index in [2.05, 4.69) is 0 Å². The molecule has 6 nitrogen and oxygen atoms in total. The van der Waals surface area contributed by atoms with Crippen LogP contribution in [-0.4, -0.2) is 38.4 Å². The zero-order valence-corrected chi connectivity index (χ0v) is 19.9. The highest BCUT2D eigenvalue weighted by molar-refractivity contribution is 7.89. The number of carbonyl (C=O) groups is 1. The quantitative estimate of drug-likeness (QED) is 0.414. The fourth-order valence-electron chi connectivity index (χ4n) is 3.43. The van der Waals surface area contributed by atoms with Crippen LogP contribution in [0.2, 0.25) is 0 Å². The highest BCUT2D eigenvalue weighted by Gasteiger charge is 2.33.